The molecule has 0 unspecified atom stereocenters. The topological polar surface area (TPSA) is 33.0 Å². The van der Waals surface area contributed by atoms with Gasteiger partial charge in [-0.25, -0.2) is 0 Å². The van der Waals surface area contributed by atoms with E-state index in [1.807, 2.05) is 6.07 Å². The molecule has 0 aromatic heterocycles. The summed E-state index contributed by atoms with van der Waals surface area (Å²) in [5.41, 5.74) is 0.901. The van der Waals surface area contributed by atoms with Gasteiger partial charge in [0.1, 0.15) is 5.75 Å². The summed E-state index contributed by atoms with van der Waals surface area (Å²) in [5, 5.41) is 8.93. The Hall–Kier alpha value is -2.19. The van der Waals surface area contributed by atoms with Crippen molar-refractivity contribution in [2.45, 2.75) is 6.36 Å². The minimum Gasteiger partial charge on any atom is -0.405 e. The number of benzene rings is 2. The molecule has 20 heavy (non-hydrogen) atoms. The van der Waals surface area contributed by atoms with Gasteiger partial charge >= 0.3 is 6.36 Å². The molecule has 0 aliphatic carbocycles. The van der Waals surface area contributed by atoms with Crippen molar-refractivity contribution in [2.75, 3.05) is 0 Å². The summed E-state index contributed by atoms with van der Waals surface area (Å²) in [6.07, 6.45) is -4.78. The molecule has 2 aromatic rings. The van der Waals surface area contributed by atoms with Crippen molar-refractivity contribution in [2.24, 2.45) is 0 Å². The predicted octanol–water partition coefficient (Wildman–Crippen LogP) is 4.78. The SMILES string of the molecule is N#Cc1ccc(-c2ccccc2OC(F)(F)F)c(Cl)c1. The minimum atomic E-state index is -4.78. The van der Waals surface area contributed by atoms with Crippen LogP contribution in [0.3, 0.4) is 0 Å². The smallest absolute Gasteiger partial charge is 0.405 e. The Bertz CT molecular complexity index is 677. The van der Waals surface area contributed by atoms with Gasteiger partial charge < -0.3 is 4.74 Å². The number of nitrogens with zero attached hydrogens (tertiary/aromatic N) is 1. The fourth-order valence-electron chi connectivity index (χ4n) is 1.71. The lowest BCUT2D eigenvalue weighted by Crippen LogP contribution is -2.17. The van der Waals surface area contributed by atoms with Crippen LogP contribution in [0.5, 0.6) is 5.75 Å². The third kappa shape index (κ3) is 3.22. The highest BCUT2D eigenvalue weighted by molar-refractivity contribution is 6.33. The Morgan fingerprint density at radius 1 is 1.05 bits per heavy atom. The summed E-state index contributed by atoms with van der Waals surface area (Å²) in [5.74, 6) is -0.341. The summed E-state index contributed by atoms with van der Waals surface area (Å²) >= 11 is 6.00. The maximum absolute atomic E-state index is 12.4. The number of rotatable bonds is 2. The zero-order chi connectivity index (χ0) is 14.8. The van der Waals surface area contributed by atoms with E-state index in [0.717, 1.165) is 0 Å². The lowest BCUT2D eigenvalue weighted by molar-refractivity contribution is -0.274. The zero-order valence-electron chi connectivity index (χ0n) is 9.91. The lowest BCUT2D eigenvalue weighted by Gasteiger charge is -2.14. The van der Waals surface area contributed by atoms with Crippen LogP contribution in [-0.4, -0.2) is 6.36 Å². The first-order valence-electron chi connectivity index (χ1n) is 5.45. The zero-order valence-corrected chi connectivity index (χ0v) is 10.7. The van der Waals surface area contributed by atoms with Crippen molar-refractivity contribution in [3.8, 4) is 22.9 Å². The third-order valence-corrected chi connectivity index (χ3v) is 2.81. The summed E-state index contributed by atoms with van der Waals surface area (Å²) in [6.45, 7) is 0. The van der Waals surface area contributed by atoms with Gasteiger partial charge in [-0.2, -0.15) is 5.26 Å². The van der Waals surface area contributed by atoms with E-state index in [1.165, 1.54) is 36.4 Å². The van der Waals surface area contributed by atoms with Gasteiger partial charge in [0.25, 0.3) is 0 Å². The number of hydrogen-bond donors (Lipinski definition) is 0. The third-order valence-electron chi connectivity index (χ3n) is 2.50. The number of ether oxygens (including phenoxy) is 1. The van der Waals surface area contributed by atoms with Crippen molar-refractivity contribution in [3.63, 3.8) is 0 Å². The van der Waals surface area contributed by atoms with Crippen LogP contribution >= 0.6 is 11.6 Å². The largest absolute Gasteiger partial charge is 0.573 e. The average molecular weight is 298 g/mol. The van der Waals surface area contributed by atoms with Gasteiger partial charge in [-0.1, -0.05) is 35.9 Å². The van der Waals surface area contributed by atoms with E-state index in [4.69, 9.17) is 16.9 Å². The van der Waals surface area contributed by atoms with Gasteiger partial charge in [0.15, 0.2) is 0 Å². The van der Waals surface area contributed by atoms with E-state index in [1.54, 1.807) is 6.07 Å². The number of nitriles is 1. The maximum atomic E-state index is 12.4. The molecule has 0 fully saturated rings. The molecule has 0 N–H and O–H groups in total. The molecular weight excluding hydrogens is 291 g/mol. The molecule has 0 spiro atoms. The molecule has 2 rings (SSSR count). The Morgan fingerprint density at radius 2 is 1.75 bits per heavy atom. The molecule has 0 saturated carbocycles. The summed E-state index contributed by atoms with van der Waals surface area (Å²) in [4.78, 5) is 0. The van der Waals surface area contributed by atoms with E-state index in [9.17, 15) is 13.2 Å². The van der Waals surface area contributed by atoms with Gasteiger partial charge in [0.05, 0.1) is 11.6 Å². The van der Waals surface area contributed by atoms with E-state index in [2.05, 4.69) is 4.74 Å². The van der Waals surface area contributed by atoms with Crippen molar-refractivity contribution in [3.05, 3.63) is 53.1 Å². The van der Waals surface area contributed by atoms with Crippen LogP contribution in [0.2, 0.25) is 5.02 Å². The molecule has 0 saturated heterocycles. The first-order chi connectivity index (χ1) is 9.40. The Balaban J connectivity index is 2.51. The van der Waals surface area contributed by atoms with Crippen LogP contribution in [0.25, 0.3) is 11.1 Å². The number of alkyl halides is 3. The summed E-state index contributed by atoms with van der Waals surface area (Å²) < 4.78 is 41.0. The van der Waals surface area contributed by atoms with Crippen molar-refractivity contribution in [1.29, 1.82) is 5.26 Å². The number of hydrogen-bond acceptors (Lipinski definition) is 2. The van der Waals surface area contributed by atoms with E-state index in [0.29, 0.717) is 11.1 Å². The molecule has 0 bridgehead atoms. The highest BCUT2D eigenvalue weighted by atomic mass is 35.5. The Kier molecular flexibility index (Phi) is 3.86. The highest BCUT2D eigenvalue weighted by Gasteiger charge is 2.32. The van der Waals surface area contributed by atoms with E-state index < -0.39 is 6.36 Å². The number of halogens is 4. The molecule has 6 heteroatoms. The highest BCUT2D eigenvalue weighted by Crippen LogP contribution is 2.37. The Labute approximate surface area is 118 Å². The molecule has 2 nitrogen and oxygen atoms in total. The van der Waals surface area contributed by atoms with Crippen LogP contribution in [0, 0.1) is 11.3 Å². The van der Waals surface area contributed by atoms with Crippen LogP contribution in [-0.2, 0) is 0 Å². The van der Waals surface area contributed by atoms with Crippen molar-refractivity contribution < 1.29 is 17.9 Å². The van der Waals surface area contributed by atoms with Gasteiger partial charge in [-0.3, -0.25) is 0 Å². The first-order valence-corrected chi connectivity index (χ1v) is 5.83. The Morgan fingerprint density at radius 3 is 2.35 bits per heavy atom. The van der Waals surface area contributed by atoms with Gasteiger partial charge in [0, 0.05) is 16.1 Å². The normalized spacial score (nSPS) is 10.9. The first kappa shape index (κ1) is 14.2. The second-order valence-electron chi connectivity index (χ2n) is 3.85. The molecule has 2 aromatic carbocycles. The van der Waals surface area contributed by atoms with Crippen LogP contribution in [0.15, 0.2) is 42.5 Å². The van der Waals surface area contributed by atoms with Gasteiger partial charge in [0.2, 0.25) is 0 Å². The van der Waals surface area contributed by atoms with E-state index in [-0.39, 0.29) is 16.3 Å². The molecule has 0 heterocycles. The lowest BCUT2D eigenvalue weighted by atomic mass is 10.0. The quantitative estimate of drug-likeness (QED) is 0.799. The minimum absolute atomic E-state index is 0.183. The van der Waals surface area contributed by atoms with Gasteiger partial charge in [-0.05, 0) is 18.2 Å². The monoisotopic (exact) mass is 297 g/mol. The second-order valence-corrected chi connectivity index (χ2v) is 4.26. The fraction of sp³-hybridized carbons (Fsp3) is 0.0714. The molecule has 0 atom stereocenters. The predicted molar refractivity (Wildman–Crippen MR) is 68.3 cm³/mol. The van der Waals surface area contributed by atoms with Crippen molar-refractivity contribution >= 4 is 11.6 Å². The molecule has 0 radical (unpaired) electrons. The molecule has 0 aliphatic heterocycles. The van der Waals surface area contributed by atoms with Crippen molar-refractivity contribution in [1.82, 2.24) is 0 Å². The second kappa shape index (κ2) is 5.43. The fourth-order valence-corrected chi connectivity index (χ4v) is 1.99. The molecule has 0 amide bonds. The van der Waals surface area contributed by atoms with Crippen LogP contribution in [0.1, 0.15) is 5.56 Å². The van der Waals surface area contributed by atoms with Crippen LogP contribution < -0.4 is 4.74 Å². The number of para-hydroxylation sites is 1. The molecular formula is C14H7ClF3NO. The van der Waals surface area contributed by atoms with Gasteiger partial charge in [-0.15, -0.1) is 13.2 Å². The summed E-state index contributed by atoms with van der Waals surface area (Å²) in [7, 11) is 0. The average Bonchev–Trinajstić information content (AvgIpc) is 2.38. The standard InChI is InChI=1S/C14H7ClF3NO/c15-12-7-9(8-19)5-6-10(12)11-3-1-2-4-13(11)20-14(16,17)18/h1-7H. The van der Waals surface area contributed by atoms with E-state index >= 15 is 0 Å². The molecule has 0 aliphatic rings. The van der Waals surface area contributed by atoms with Crippen LogP contribution in [0.4, 0.5) is 13.2 Å². The summed E-state index contributed by atoms with van der Waals surface area (Å²) in [6, 6.07) is 11.9. The maximum Gasteiger partial charge on any atom is 0.573 e. The molecule has 102 valence electrons.